The molecule has 1 aromatic heterocycles. The molecule has 0 saturated carbocycles. The maximum absolute atomic E-state index is 11.2. The molecular formula is C15H17N3O2. The molecule has 104 valence electrons. The summed E-state index contributed by atoms with van der Waals surface area (Å²) in [6.45, 7) is 4.05. The first kappa shape index (κ1) is 14.0. The van der Waals surface area contributed by atoms with E-state index >= 15 is 0 Å². The fourth-order valence-electron chi connectivity index (χ4n) is 1.79. The van der Waals surface area contributed by atoms with E-state index < -0.39 is 5.97 Å². The number of hydrogen-bond acceptors (Lipinski definition) is 4. The van der Waals surface area contributed by atoms with Crippen molar-refractivity contribution in [2.75, 3.05) is 19.0 Å². The zero-order valence-corrected chi connectivity index (χ0v) is 12.0. The van der Waals surface area contributed by atoms with Crippen LogP contribution in [0.5, 0.6) is 0 Å². The molecular weight excluding hydrogens is 254 g/mol. The van der Waals surface area contributed by atoms with Crippen LogP contribution in [0, 0.1) is 13.8 Å². The Labute approximate surface area is 117 Å². The van der Waals surface area contributed by atoms with Gasteiger partial charge in [0.2, 0.25) is 5.95 Å². The molecule has 0 radical (unpaired) electrons. The molecule has 0 atom stereocenters. The SMILES string of the molecule is Cc1ccc(-c2cc(C(=O)O)nc(N(C)C)n2)cc1C. The Morgan fingerprint density at radius 3 is 2.35 bits per heavy atom. The summed E-state index contributed by atoms with van der Waals surface area (Å²) >= 11 is 0. The lowest BCUT2D eigenvalue weighted by Crippen LogP contribution is -2.15. The third-order valence-electron chi connectivity index (χ3n) is 3.14. The molecule has 1 aromatic carbocycles. The number of hydrogen-bond donors (Lipinski definition) is 1. The van der Waals surface area contributed by atoms with Crippen molar-refractivity contribution in [1.29, 1.82) is 0 Å². The number of aromatic nitrogens is 2. The minimum atomic E-state index is -1.06. The van der Waals surface area contributed by atoms with Gasteiger partial charge in [-0.3, -0.25) is 0 Å². The Morgan fingerprint density at radius 1 is 1.10 bits per heavy atom. The van der Waals surface area contributed by atoms with Crippen molar-refractivity contribution in [3.8, 4) is 11.3 Å². The Morgan fingerprint density at radius 2 is 1.80 bits per heavy atom. The van der Waals surface area contributed by atoms with Crippen LogP contribution in [-0.2, 0) is 0 Å². The van der Waals surface area contributed by atoms with E-state index in [1.807, 2.05) is 32.0 Å². The lowest BCUT2D eigenvalue weighted by atomic mass is 10.0. The molecule has 1 N–H and O–H groups in total. The molecule has 0 fully saturated rings. The minimum Gasteiger partial charge on any atom is -0.477 e. The van der Waals surface area contributed by atoms with Crippen molar-refractivity contribution in [2.45, 2.75) is 13.8 Å². The lowest BCUT2D eigenvalue weighted by Gasteiger charge is -2.13. The van der Waals surface area contributed by atoms with Crippen LogP contribution in [0.1, 0.15) is 21.6 Å². The zero-order chi connectivity index (χ0) is 14.9. The van der Waals surface area contributed by atoms with Crippen molar-refractivity contribution >= 4 is 11.9 Å². The Balaban J connectivity index is 2.60. The number of benzene rings is 1. The van der Waals surface area contributed by atoms with Gasteiger partial charge in [0.25, 0.3) is 0 Å². The van der Waals surface area contributed by atoms with E-state index in [1.54, 1.807) is 19.0 Å². The first-order chi connectivity index (χ1) is 9.38. The Bertz CT molecular complexity index is 666. The molecule has 2 rings (SSSR count). The van der Waals surface area contributed by atoms with Crippen LogP contribution in [-0.4, -0.2) is 35.1 Å². The van der Waals surface area contributed by atoms with Gasteiger partial charge in [0.1, 0.15) is 0 Å². The molecule has 0 saturated heterocycles. The van der Waals surface area contributed by atoms with Gasteiger partial charge in [0.15, 0.2) is 5.69 Å². The summed E-state index contributed by atoms with van der Waals surface area (Å²) in [5.74, 6) is -0.668. The van der Waals surface area contributed by atoms with Gasteiger partial charge in [0, 0.05) is 19.7 Å². The van der Waals surface area contributed by atoms with Gasteiger partial charge >= 0.3 is 5.97 Å². The number of aryl methyl sites for hydroxylation is 2. The first-order valence-corrected chi connectivity index (χ1v) is 6.26. The molecule has 2 aromatic rings. The maximum atomic E-state index is 11.2. The van der Waals surface area contributed by atoms with Crippen molar-refractivity contribution in [1.82, 2.24) is 9.97 Å². The molecule has 0 aliphatic carbocycles. The second-order valence-corrected chi connectivity index (χ2v) is 4.94. The zero-order valence-electron chi connectivity index (χ0n) is 12.0. The summed E-state index contributed by atoms with van der Waals surface area (Å²) in [4.78, 5) is 21.3. The monoisotopic (exact) mass is 271 g/mol. The summed E-state index contributed by atoms with van der Waals surface area (Å²) in [6, 6.07) is 7.44. The van der Waals surface area contributed by atoms with E-state index in [-0.39, 0.29) is 5.69 Å². The lowest BCUT2D eigenvalue weighted by molar-refractivity contribution is 0.0690. The molecule has 0 aliphatic heterocycles. The van der Waals surface area contributed by atoms with Gasteiger partial charge in [-0.2, -0.15) is 0 Å². The van der Waals surface area contributed by atoms with Crippen molar-refractivity contribution in [3.05, 3.63) is 41.1 Å². The molecule has 0 aliphatic rings. The fraction of sp³-hybridized carbons (Fsp3) is 0.267. The summed E-state index contributed by atoms with van der Waals surface area (Å²) in [5.41, 5.74) is 3.83. The number of anilines is 1. The molecule has 5 nitrogen and oxygen atoms in total. The van der Waals surface area contributed by atoms with E-state index in [4.69, 9.17) is 5.11 Å². The molecule has 1 heterocycles. The first-order valence-electron chi connectivity index (χ1n) is 6.26. The number of rotatable bonds is 3. The molecule has 0 unspecified atom stereocenters. The summed E-state index contributed by atoms with van der Waals surface area (Å²) in [7, 11) is 3.57. The standard InChI is InChI=1S/C15H17N3O2/c1-9-5-6-11(7-10(9)2)12-8-13(14(19)20)17-15(16-12)18(3)4/h5-8H,1-4H3,(H,19,20). The average molecular weight is 271 g/mol. The summed E-state index contributed by atoms with van der Waals surface area (Å²) in [5, 5.41) is 9.15. The van der Waals surface area contributed by atoms with Gasteiger partial charge in [-0.25, -0.2) is 14.8 Å². The van der Waals surface area contributed by atoms with Crippen LogP contribution in [0.2, 0.25) is 0 Å². The highest BCUT2D eigenvalue weighted by Crippen LogP contribution is 2.22. The van der Waals surface area contributed by atoms with E-state index in [0.717, 1.165) is 11.1 Å². The molecule has 0 bridgehead atoms. The van der Waals surface area contributed by atoms with Gasteiger partial charge < -0.3 is 10.0 Å². The van der Waals surface area contributed by atoms with Crippen molar-refractivity contribution in [3.63, 3.8) is 0 Å². The van der Waals surface area contributed by atoms with Crippen LogP contribution in [0.3, 0.4) is 0 Å². The molecule has 0 spiro atoms. The predicted molar refractivity (Wildman–Crippen MR) is 78.2 cm³/mol. The molecule has 5 heteroatoms. The van der Waals surface area contributed by atoms with E-state index in [1.165, 1.54) is 11.6 Å². The Hall–Kier alpha value is -2.43. The van der Waals surface area contributed by atoms with E-state index in [2.05, 4.69) is 9.97 Å². The largest absolute Gasteiger partial charge is 0.477 e. The second-order valence-electron chi connectivity index (χ2n) is 4.94. The van der Waals surface area contributed by atoms with Crippen LogP contribution >= 0.6 is 0 Å². The van der Waals surface area contributed by atoms with Gasteiger partial charge in [0.05, 0.1) is 5.69 Å². The van der Waals surface area contributed by atoms with Crippen molar-refractivity contribution in [2.24, 2.45) is 0 Å². The van der Waals surface area contributed by atoms with Crippen LogP contribution in [0.4, 0.5) is 5.95 Å². The maximum Gasteiger partial charge on any atom is 0.354 e. The van der Waals surface area contributed by atoms with Crippen LogP contribution in [0.25, 0.3) is 11.3 Å². The number of aromatic carboxylic acids is 1. The number of carboxylic acid groups (broad SMARTS) is 1. The second kappa shape index (κ2) is 5.28. The fourth-order valence-corrected chi connectivity index (χ4v) is 1.79. The van der Waals surface area contributed by atoms with Gasteiger partial charge in [-0.1, -0.05) is 12.1 Å². The topological polar surface area (TPSA) is 66.3 Å². The molecule has 20 heavy (non-hydrogen) atoms. The predicted octanol–water partition coefficient (Wildman–Crippen LogP) is 2.52. The average Bonchev–Trinajstić information content (AvgIpc) is 2.41. The summed E-state index contributed by atoms with van der Waals surface area (Å²) in [6.07, 6.45) is 0. The number of carboxylic acids is 1. The quantitative estimate of drug-likeness (QED) is 0.929. The highest BCUT2D eigenvalue weighted by atomic mass is 16.4. The van der Waals surface area contributed by atoms with E-state index in [9.17, 15) is 4.79 Å². The van der Waals surface area contributed by atoms with Crippen molar-refractivity contribution < 1.29 is 9.90 Å². The minimum absolute atomic E-state index is 0.00284. The smallest absolute Gasteiger partial charge is 0.354 e. The summed E-state index contributed by atoms with van der Waals surface area (Å²) < 4.78 is 0. The highest BCUT2D eigenvalue weighted by Gasteiger charge is 2.13. The van der Waals surface area contributed by atoms with Crippen LogP contribution < -0.4 is 4.90 Å². The number of nitrogens with zero attached hydrogens (tertiary/aromatic N) is 3. The van der Waals surface area contributed by atoms with Crippen LogP contribution in [0.15, 0.2) is 24.3 Å². The normalized spacial score (nSPS) is 10.4. The van der Waals surface area contributed by atoms with E-state index in [0.29, 0.717) is 11.6 Å². The third-order valence-corrected chi connectivity index (χ3v) is 3.14. The Kier molecular flexibility index (Phi) is 3.70. The molecule has 0 amide bonds. The van der Waals surface area contributed by atoms with Gasteiger partial charge in [-0.05, 0) is 37.1 Å². The third kappa shape index (κ3) is 2.77. The highest BCUT2D eigenvalue weighted by molar-refractivity contribution is 5.87. The number of carbonyl (C=O) groups is 1. The van der Waals surface area contributed by atoms with Gasteiger partial charge in [-0.15, -0.1) is 0 Å².